The first-order chi connectivity index (χ1) is 34.7. The fraction of sp³-hybridized carbons (Fsp3) is 0.537. The van der Waals surface area contributed by atoms with Crippen molar-refractivity contribution < 1.29 is 81.0 Å². The molecule has 0 aliphatic carbocycles. The summed E-state index contributed by atoms with van der Waals surface area (Å²) in [5.41, 5.74) is 1.58. The Hall–Kier alpha value is -4.25. The van der Waals surface area contributed by atoms with Gasteiger partial charge in [-0.05, 0) is 28.7 Å². The molecule has 3 heterocycles. The Labute approximate surface area is 416 Å². The number of hydrogen-bond acceptors (Lipinski definition) is 16. The number of carboxylic acid groups (broad SMARTS) is 1. The van der Waals surface area contributed by atoms with Gasteiger partial charge < -0.3 is 76.2 Å². The Bertz CT molecular complexity index is 2120. The van der Waals surface area contributed by atoms with Crippen LogP contribution in [-0.2, 0) is 102 Å². The first-order valence-corrected chi connectivity index (χ1v) is 24.0. The van der Waals surface area contributed by atoms with Gasteiger partial charge in [-0.15, -0.1) is 0 Å². The zero-order chi connectivity index (χ0) is 50.2. The van der Waals surface area contributed by atoms with Crippen LogP contribution >= 0.6 is 0 Å². The Morgan fingerprint density at radius 2 is 0.887 bits per heavy atom. The van der Waals surface area contributed by atoms with Crippen LogP contribution in [0.25, 0.3) is 0 Å². The maximum atomic E-state index is 14.0. The van der Waals surface area contributed by atoms with E-state index in [-0.39, 0.29) is 39.5 Å². The van der Waals surface area contributed by atoms with Crippen LogP contribution in [0, 0.1) is 0 Å². The molecule has 17 heteroatoms. The van der Waals surface area contributed by atoms with Gasteiger partial charge in [-0.2, -0.15) is 0 Å². The largest absolute Gasteiger partial charge is 0.479 e. The maximum absolute atomic E-state index is 14.0. The third-order valence-corrected chi connectivity index (χ3v) is 13.3. The predicted molar refractivity (Wildman–Crippen MR) is 256 cm³/mol. The van der Waals surface area contributed by atoms with Gasteiger partial charge >= 0.3 is 5.97 Å². The summed E-state index contributed by atoms with van der Waals surface area (Å²) >= 11 is 0. The molecule has 0 radical (unpaired) electrons. The molecule has 7 rings (SSSR count). The fourth-order valence-corrected chi connectivity index (χ4v) is 9.56. The van der Waals surface area contributed by atoms with E-state index < -0.39 is 97.6 Å². The minimum Gasteiger partial charge on any atom is -0.479 e. The van der Waals surface area contributed by atoms with Crippen molar-refractivity contribution in [3.63, 3.8) is 0 Å². The average Bonchev–Trinajstić information content (AvgIpc) is 3.41. The number of hydrogen-bond donors (Lipinski definition) is 1. The van der Waals surface area contributed by atoms with Gasteiger partial charge in [-0.1, -0.05) is 128 Å². The molecular formula is C54H70O17. The number of methoxy groups -OCH3 is 6. The smallest absolute Gasteiger partial charge is 0.338 e. The van der Waals surface area contributed by atoms with Crippen LogP contribution in [0.1, 0.15) is 35.6 Å². The zero-order valence-electron chi connectivity index (χ0n) is 41.6. The van der Waals surface area contributed by atoms with Crippen LogP contribution in [0.4, 0.5) is 0 Å². The van der Waals surface area contributed by atoms with E-state index in [2.05, 4.69) is 0 Å². The molecule has 1 N–H and O–H groups in total. The van der Waals surface area contributed by atoms with Crippen LogP contribution in [0.5, 0.6) is 0 Å². The van der Waals surface area contributed by atoms with Crippen LogP contribution in [0.15, 0.2) is 121 Å². The molecule has 0 bridgehead atoms. The van der Waals surface area contributed by atoms with Crippen molar-refractivity contribution in [3.05, 3.63) is 144 Å². The number of ether oxygens (including phenoxy) is 15. The Kier molecular flexibility index (Phi) is 20.9. The van der Waals surface area contributed by atoms with Crippen molar-refractivity contribution in [3.8, 4) is 0 Å². The van der Waals surface area contributed by atoms with Crippen molar-refractivity contribution in [1.82, 2.24) is 0 Å². The van der Waals surface area contributed by atoms with Gasteiger partial charge in [0.05, 0.1) is 39.6 Å². The molecule has 4 aromatic carbocycles. The van der Waals surface area contributed by atoms with E-state index in [1.165, 1.54) is 35.5 Å². The summed E-state index contributed by atoms with van der Waals surface area (Å²) in [5.74, 6) is -1.34. The quantitative estimate of drug-likeness (QED) is 0.0761. The minimum absolute atomic E-state index is 0.00841. The molecule has 3 aliphatic heterocycles. The monoisotopic (exact) mass is 990 g/mol. The third kappa shape index (κ3) is 13.3. The van der Waals surface area contributed by atoms with E-state index in [0.29, 0.717) is 6.61 Å². The summed E-state index contributed by atoms with van der Waals surface area (Å²) in [6.07, 6.45) is -14.1. The Morgan fingerprint density at radius 1 is 0.465 bits per heavy atom. The minimum atomic E-state index is -2.13. The highest BCUT2D eigenvalue weighted by Gasteiger charge is 2.63. The van der Waals surface area contributed by atoms with E-state index in [4.69, 9.17) is 71.1 Å². The molecule has 3 saturated heterocycles. The van der Waals surface area contributed by atoms with Gasteiger partial charge in [-0.25, -0.2) is 4.79 Å². The lowest BCUT2D eigenvalue weighted by atomic mass is 9.83. The van der Waals surface area contributed by atoms with Crippen LogP contribution in [0.2, 0.25) is 0 Å². The summed E-state index contributed by atoms with van der Waals surface area (Å²) in [7, 11) is 9.00. The molecule has 4 aromatic rings. The number of benzene rings is 4. The van der Waals surface area contributed by atoms with Crippen molar-refractivity contribution in [2.45, 2.75) is 131 Å². The Balaban J connectivity index is 1.22. The summed E-state index contributed by atoms with van der Waals surface area (Å²) in [4.78, 5) is 14.0. The topological polar surface area (TPSA) is 176 Å². The molecule has 3 aliphatic rings. The zero-order valence-corrected chi connectivity index (χ0v) is 41.6. The van der Waals surface area contributed by atoms with Crippen molar-refractivity contribution in [2.24, 2.45) is 0 Å². The lowest BCUT2D eigenvalue weighted by Crippen LogP contribution is -2.72. The molecule has 388 valence electrons. The molecule has 15 atom stereocenters. The van der Waals surface area contributed by atoms with Gasteiger partial charge in [0.15, 0.2) is 24.5 Å². The second-order valence-electron chi connectivity index (χ2n) is 17.5. The van der Waals surface area contributed by atoms with E-state index >= 15 is 0 Å². The molecule has 0 spiro atoms. The number of rotatable bonds is 26. The van der Waals surface area contributed by atoms with E-state index in [9.17, 15) is 9.90 Å². The second-order valence-corrected chi connectivity index (χ2v) is 17.5. The van der Waals surface area contributed by atoms with E-state index in [0.717, 1.165) is 22.3 Å². The summed E-state index contributed by atoms with van der Waals surface area (Å²) in [6.45, 7) is 2.68. The summed E-state index contributed by atoms with van der Waals surface area (Å²) in [6, 6.07) is 38.8. The molecule has 0 amide bonds. The lowest BCUT2D eigenvalue weighted by Gasteiger charge is -2.53. The van der Waals surface area contributed by atoms with Gasteiger partial charge in [0.1, 0.15) is 67.1 Å². The van der Waals surface area contributed by atoms with Gasteiger partial charge in [0.2, 0.25) is 0 Å². The molecule has 0 unspecified atom stereocenters. The number of aliphatic carboxylic acids is 1. The van der Waals surface area contributed by atoms with Crippen LogP contribution < -0.4 is 0 Å². The van der Waals surface area contributed by atoms with Gasteiger partial charge in [-0.3, -0.25) is 0 Å². The normalized spacial score (nSPS) is 32.1. The van der Waals surface area contributed by atoms with E-state index in [1.54, 1.807) is 14.0 Å². The van der Waals surface area contributed by atoms with Gasteiger partial charge in [0, 0.05) is 42.7 Å². The standard InChI is InChI=1S/C54H70O17/c1-8-54(53(55)56)49(70-51-46(60-5)43(58-3)41(57-2)39(68-51)33-63-29-35-21-13-9-14-22-35)45(59-4)47(61-6)52(71-54)69-42-40(34-64-30-36-23-15-10-16-24-36)67-50(62-7)48(66-32-38-27-19-12-20-28-38)44(42)65-31-37-25-17-11-18-26-37/h9-28,39-52H,8,29-34H2,1-7H3,(H,55,56)/t39-,40-,41-,42-,43+,44+,45-,46-,47-,48-,49+,50+,51-,52-,54+/m1/s1. The van der Waals surface area contributed by atoms with Crippen molar-refractivity contribution in [1.29, 1.82) is 0 Å². The van der Waals surface area contributed by atoms with Crippen LogP contribution in [0.3, 0.4) is 0 Å². The highest BCUT2D eigenvalue weighted by atomic mass is 16.8. The molecule has 71 heavy (non-hydrogen) atoms. The lowest BCUT2D eigenvalue weighted by molar-refractivity contribution is -0.399. The highest BCUT2D eigenvalue weighted by molar-refractivity contribution is 5.79. The van der Waals surface area contributed by atoms with Crippen molar-refractivity contribution >= 4 is 5.97 Å². The molecule has 0 aromatic heterocycles. The first kappa shape index (κ1) is 54.5. The van der Waals surface area contributed by atoms with Crippen molar-refractivity contribution in [2.75, 3.05) is 55.9 Å². The maximum Gasteiger partial charge on any atom is 0.338 e. The van der Waals surface area contributed by atoms with Crippen LogP contribution in [-0.4, -0.2) is 159 Å². The second kappa shape index (κ2) is 27.2. The van der Waals surface area contributed by atoms with Gasteiger partial charge in [0.25, 0.3) is 0 Å². The van der Waals surface area contributed by atoms with E-state index in [1.807, 2.05) is 121 Å². The Morgan fingerprint density at radius 3 is 1.32 bits per heavy atom. The summed E-state index contributed by atoms with van der Waals surface area (Å²) < 4.78 is 96.3. The SMILES string of the molecule is CC[C@]1(C(=O)O)O[C@@H](O[C@H]2[C@H](OCc3ccccc3)[C@@H](OCc3ccccc3)[C@@H](OC)O[C@@H]2COCc2ccccc2)[C@H](OC)[C@@H](OC)[C@@H]1O[C@H]1O[C@H](COCc2ccccc2)[C@@H](OC)[C@H](OC)[C@H]1OC. The molecule has 0 saturated carbocycles. The highest BCUT2D eigenvalue weighted by Crippen LogP contribution is 2.42. The predicted octanol–water partition coefficient (Wildman–Crippen LogP) is 6.12. The number of carboxylic acids is 1. The first-order valence-electron chi connectivity index (χ1n) is 24.0. The molecular weight excluding hydrogens is 921 g/mol. The molecule has 3 fully saturated rings. The fourth-order valence-electron chi connectivity index (χ4n) is 9.56. The molecule has 17 nitrogen and oxygen atoms in total. The summed E-state index contributed by atoms with van der Waals surface area (Å²) in [5, 5.41) is 11.4. The average molecular weight is 991 g/mol. The number of carbonyl (C=O) groups is 1. The third-order valence-electron chi connectivity index (χ3n) is 13.3.